The van der Waals surface area contributed by atoms with Crippen LogP contribution < -0.4 is 0 Å². The third-order valence-electron chi connectivity index (χ3n) is 5.71. The van der Waals surface area contributed by atoms with Gasteiger partial charge in [0.15, 0.2) is 0 Å². The normalized spacial score (nSPS) is 12.8. The second kappa shape index (κ2) is 10.2. The van der Waals surface area contributed by atoms with Crippen LogP contribution in [0.15, 0.2) is 24.3 Å². The van der Waals surface area contributed by atoms with E-state index in [1.165, 1.54) is 36.1 Å². The molecule has 0 radical (unpaired) electrons. The van der Waals surface area contributed by atoms with Crippen LogP contribution in [0.1, 0.15) is 107 Å². The Labute approximate surface area is 175 Å². The molecule has 2 aromatic carbocycles. The van der Waals surface area contributed by atoms with Gasteiger partial charge in [-0.3, -0.25) is 0 Å². The van der Waals surface area contributed by atoms with Crippen molar-refractivity contribution in [3.8, 4) is 16.9 Å². The Morgan fingerprint density at radius 1 is 0.897 bits per heavy atom. The van der Waals surface area contributed by atoms with Crippen LogP contribution in [0.3, 0.4) is 0 Å². The summed E-state index contributed by atoms with van der Waals surface area (Å²) in [7, 11) is 0. The summed E-state index contributed by atoms with van der Waals surface area (Å²) >= 11 is 0. The van der Waals surface area contributed by atoms with Gasteiger partial charge in [0.25, 0.3) is 0 Å². The number of aliphatic hydroxyl groups excluding tert-OH is 1. The van der Waals surface area contributed by atoms with Gasteiger partial charge < -0.3 is 10.2 Å². The molecule has 2 nitrogen and oxygen atoms in total. The summed E-state index contributed by atoms with van der Waals surface area (Å²) in [6.07, 6.45) is 4.79. The summed E-state index contributed by atoms with van der Waals surface area (Å²) in [5, 5.41) is 21.4. The van der Waals surface area contributed by atoms with E-state index in [4.69, 9.17) is 0 Å². The van der Waals surface area contributed by atoms with Crippen molar-refractivity contribution in [2.75, 3.05) is 0 Å². The van der Waals surface area contributed by atoms with Crippen LogP contribution in [0.4, 0.5) is 4.39 Å². The summed E-state index contributed by atoms with van der Waals surface area (Å²) in [5.41, 5.74) is 5.89. The van der Waals surface area contributed by atoms with E-state index in [-0.39, 0.29) is 11.7 Å². The van der Waals surface area contributed by atoms with Crippen LogP contribution in [0.2, 0.25) is 0 Å². The fourth-order valence-electron chi connectivity index (χ4n) is 4.25. The first-order chi connectivity index (χ1) is 13.7. The number of aliphatic hydroxyl groups is 1. The van der Waals surface area contributed by atoms with Crippen LogP contribution in [0, 0.1) is 5.82 Å². The lowest BCUT2D eigenvalue weighted by atomic mass is 9.78. The molecule has 0 bridgehead atoms. The second-order valence-electron chi connectivity index (χ2n) is 8.78. The smallest absolute Gasteiger partial charge is 0.126 e. The van der Waals surface area contributed by atoms with Crippen LogP contribution in [-0.4, -0.2) is 10.2 Å². The number of hydrogen-bond acceptors (Lipinski definition) is 2. The minimum absolute atomic E-state index is 0.0719. The fourth-order valence-corrected chi connectivity index (χ4v) is 4.25. The highest BCUT2D eigenvalue weighted by Crippen LogP contribution is 2.44. The van der Waals surface area contributed by atoms with Gasteiger partial charge >= 0.3 is 0 Å². The number of hydrogen-bond donors (Lipinski definition) is 2. The molecule has 0 saturated heterocycles. The Bertz CT molecular complexity index is 822. The minimum Gasteiger partial charge on any atom is -0.507 e. The maximum Gasteiger partial charge on any atom is 0.126 e. The van der Waals surface area contributed by atoms with Gasteiger partial charge in [0.2, 0.25) is 0 Å². The van der Waals surface area contributed by atoms with Crippen molar-refractivity contribution in [1.29, 1.82) is 0 Å². The molecule has 0 aliphatic rings. The lowest BCUT2D eigenvalue weighted by molar-refractivity contribution is 0.198. The van der Waals surface area contributed by atoms with Crippen molar-refractivity contribution >= 4 is 0 Å². The van der Waals surface area contributed by atoms with E-state index in [0.29, 0.717) is 11.5 Å². The lowest BCUT2D eigenvalue weighted by Gasteiger charge is -2.27. The van der Waals surface area contributed by atoms with Gasteiger partial charge in [-0.2, -0.15) is 0 Å². The first kappa shape index (κ1) is 23.4. The van der Waals surface area contributed by atoms with Crippen molar-refractivity contribution < 1.29 is 14.6 Å². The fraction of sp³-hybridized carbons (Fsp3) is 0.538. The van der Waals surface area contributed by atoms with Gasteiger partial charge in [-0.15, -0.1) is 0 Å². The number of unbranched alkanes of at least 4 members (excludes halogenated alkanes) is 3. The highest BCUT2D eigenvalue weighted by atomic mass is 19.1. The second-order valence-corrected chi connectivity index (χ2v) is 8.78. The van der Waals surface area contributed by atoms with Crippen molar-refractivity contribution in [1.82, 2.24) is 0 Å². The van der Waals surface area contributed by atoms with E-state index in [1.54, 1.807) is 13.0 Å². The zero-order valence-corrected chi connectivity index (χ0v) is 18.8. The third-order valence-corrected chi connectivity index (χ3v) is 5.71. The Morgan fingerprint density at radius 2 is 1.55 bits per heavy atom. The molecule has 160 valence electrons. The quantitative estimate of drug-likeness (QED) is 0.425. The Balaban J connectivity index is 2.84. The molecule has 0 aromatic heterocycles. The molecule has 2 N–H and O–H groups in total. The highest BCUT2D eigenvalue weighted by molar-refractivity contribution is 5.79. The average molecular weight is 401 g/mol. The van der Waals surface area contributed by atoms with Gasteiger partial charge in [-0.25, -0.2) is 4.39 Å². The summed E-state index contributed by atoms with van der Waals surface area (Å²) < 4.78 is 13.7. The predicted octanol–water partition coefficient (Wildman–Crippen LogP) is 7.62. The molecule has 29 heavy (non-hydrogen) atoms. The Morgan fingerprint density at radius 3 is 2.07 bits per heavy atom. The maximum atomic E-state index is 13.7. The number of aromatic hydroxyl groups is 1. The van der Waals surface area contributed by atoms with Gasteiger partial charge in [0, 0.05) is 11.6 Å². The number of benzene rings is 2. The molecular formula is C26H37FO2. The molecular weight excluding hydrogens is 363 g/mol. The van der Waals surface area contributed by atoms with Crippen LogP contribution >= 0.6 is 0 Å². The van der Waals surface area contributed by atoms with Crippen molar-refractivity contribution in [2.45, 2.75) is 91.6 Å². The largest absolute Gasteiger partial charge is 0.507 e. The molecule has 0 fully saturated rings. The molecule has 2 aromatic rings. The molecule has 0 aliphatic heterocycles. The summed E-state index contributed by atoms with van der Waals surface area (Å²) in [6.45, 7) is 12.6. The Kier molecular flexibility index (Phi) is 8.27. The number of phenols is 1. The number of phenolic OH excluding ortho intramolecular Hbond substituents is 1. The average Bonchev–Trinajstić information content (AvgIpc) is 2.64. The van der Waals surface area contributed by atoms with Crippen LogP contribution in [-0.2, 0) is 6.42 Å². The number of halogens is 1. The molecule has 1 atom stereocenters. The van der Waals surface area contributed by atoms with Crippen molar-refractivity contribution in [2.24, 2.45) is 0 Å². The van der Waals surface area contributed by atoms with Gasteiger partial charge in [-0.1, -0.05) is 59.9 Å². The predicted molar refractivity (Wildman–Crippen MR) is 120 cm³/mol. The lowest BCUT2D eigenvalue weighted by Crippen LogP contribution is -2.11. The molecule has 0 saturated carbocycles. The number of rotatable bonds is 9. The first-order valence-electron chi connectivity index (χ1n) is 11.0. The minimum atomic E-state index is -0.678. The molecule has 0 heterocycles. The highest BCUT2D eigenvalue weighted by Gasteiger charge is 2.25. The summed E-state index contributed by atoms with van der Waals surface area (Å²) in [6, 6.07) is 6.45. The zero-order chi connectivity index (χ0) is 21.7. The summed E-state index contributed by atoms with van der Waals surface area (Å²) in [4.78, 5) is 0. The van der Waals surface area contributed by atoms with E-state index >= 15 is 0 Å². The molecule has 0 aliphatic carbocycles. The molecule has 3 heteroatoms. The van der Waals surface area contributed by atoms with Gasteiger partial charge in [-0.05, 0) is 71.6 Å². The molecule has 2 rings (SSSR count). The Hall–Kier alpha value is -1.87. The van der Waals surface area contributed by atoms with E-state index in [9.17, 15) is 14.6 Å². The van der Waals surface area contributed by atoms with Gasteiger partial charge in [0.05, 0.1) is 6.10 Å². The van der Waals surface area contributed by atoms with E-state index in [2.05, 4.69) is 40.7 Å². The van der Waals surface area contributed by atoms with Gasteiger partial charge in [0.1, 0.15) is 11.6 Å². The maximum absolute atomic E-state index is 13.7. The summed E-state index contributed by atoms with van der Waals surface area (Å²) in [5.74, 6) is 0.0152. The van der Waals surface area contributed by atoms with Crippen molar-refractivity contribution in [3.63, 3.8) is 0 Å². The monoisotopic (exact) mass is 400 g/mol. The molecule has 0 spiro atoms. The van der Waals surface area contributed by atoms with Crippen molar-refractivity contribution in [3.05, 3.63) is 52.3 Å². The molecule has 0 amide bonds. The SMILES string of the molecule is CCCCCCc1c(C(C)C)cc(C(C)C)c(C(C)O)c1-c1ccc(F)cc1O. The topological polar surface area (TPSA) is 40.5 Å². The first-order valence-corrected chi connectivity index (χ1v) is 11.0. The van der Waals surface area contributed by atoms with Crippen LogP contribution in [0.25, 0.3) is 11.1 Å². The van der Waals surface area contributed by atoms with E-state index in [1.807, 2.05) is 0 Å². The zero-order valence-electron chi connectivity index (χ0n) is 18.8. The third kappa shape index (κ3) is 5.39. The molecule has 1 unspecified atom stereocenters. The van der Waals surface area contributed by atoms with E-state index in [0.717, 1.165) is 36.0 Å². The van der Waals surface area contributed by atoms with E-state index < -0.39 is 11.9 Å². The standard InChI is InChI=1S/C26H37FO2/c1-7-8-9-10-11-20-22(16(2)3)15-23(17(4)5)25(18(6)28)26(20)21-13-12-19(27)14-24(21)29/h12-18,28-29H,7-11H2,1-6H3. The van der Waals surface area contributed by atoms with Crippen LogP contribution in [0.5, 0.6) is 5.75 Å².